The minimum absolute atomic E-state index is 0.0206. The molecule has 4 heteroatoms. The number of nitriles is 2. The highest BCUT2D eigenvalue weighted by molar-refractivity contribution is 5.79. The Morgan fingerprint density at radius 3 is 2.67 bits per heavy atom. The standard InChI is InChI=1S/C17H12N2O2/c1-11-3-6-16-15(7-11)17(20)13(10-21-16)5-4-12(2)14(8-18)9-19/h3-7,10H,1-2H3/b5-4+. The number of benzene rings is 1. The van der Waals surface area contributed by atoms with Crippen LogP contribution in [0.4, 0.5) is 0 Å². The third kappa shape index (κ3) is 2.91. The molecule has 0 spiro atoms. The first kappa shape index (κ1) is 14.3. The van der Waals surface area contributed by atoms with Crippen molar-refractivity contribution in [2.45, 2.75) is 13.8 Å². The highest BCUT2D eigenvalue weighted by Crippen LogP contribution is 2.14. The Kier molecular flexibility index (Phi) is 4.02. The summed E-state index contributed by atoms with van der Waals surface area (Å²) in [5.74, 6) is 0. The molecule has 0 N–H and O–H groups in total. The number of hydrogen-bond donors (Lipinski definition) is 0. The van der Waals surface area contributed by atoms with Crippen molar-refractivity contribution in [3.05, 3.63) is 63.0 Å². The smallest absolute Gasteiger partial charge is 0.199 e. The molecule has 2 rings (SSSR count). The van der Waals surface area contributed by atoms with Crippen molar-refractivity contribution in [2.24, 2.45) is 0 Å². The van der Waals surface area contributed by atoms with Crippen molar-refractivity contribution >= 4 is 17.0 Å². The van der Waals surface area contributed by atoms with Gasteiger partial charge in [0.15, 0.2) is 5.43 Å². The maximum Gasteiger partial charge on any atom is 0.199 e. The van der Waals surface area contributed by atoms with E-state index in [9.17, 15) is 4.79 Å². The molecule has 4 nitrogen and oxygen atoms in total. The van der Waals surface area contributed by atoms with Gasteiger partial charge >= 0.3 is 0 Å². The highest BCUT2D eigenvalue weighted by Gasteiger charge is 2.05. The molecule has 0 aliphatic heterocycles. The van der Waals surface area contributed by atoms with Crippen molar-refractivity contribution < 1.29 is 4.42 Å². The molecule has 0 bridgehead atoms. The van der Waals surface area contributed by atoms with Crippen LogP contribution in [0.15, 0.2) is 50.9 Å². The predicted octanol–water partition coefficient (Wildman–Crippen LogP) is 3.48. The molecule has 21 heavy (non-hydrogen) atoms. The highest BCUT2D eigenvalue weighted by atomic mass is 16.3. The van der Waals surface area contributed by atoms with Gasteiger partial charge < -0.3 is 4.42 Å². The van der Waals surface area contributed by atoms with Gasteiger partial charge in [0, 0.05) is 0 Å². The average Bonchev–Trinajstić information content (AvgIpc) is 2.48. The first-order valence-electron chi connectivity index (χ1n) is 6.28. The van der Waals surface area contributed by atoms with E-state index >= 15 is 0 Å². The minimum atomic E-state index is -0.139. The molecule has 2 aromatic rings. The van der Waals surface area contributed by atoms with Gasteiger partial charge in [-0.05, 0) is 37.6 Å². The quantitative estimate of drug-likeness (QED) is 0.621. The summed E-state index contributed by atoms with van der Waals surface area (Å²) < 4.78 is 5.43. The van der Waals surface area contributed by atoms with Gasteiger partial charge in [-0.1, -0.05) is 17.7 Å². The van der Waals surface area contributed by atoms with Crippen molar-refractivity contribution in [3.8, 4) is 12.1 Å². The molecule has 0 unspecified atom stereocenters. The molecular weight excluding hydrogens is 264 g/mol. The van der Waals surface area contributed by atoms with Crippen LogP contribution in [-0.2, 0) is 0 Å². The summed E-state index contributed by atoms with van der Waals surface area (Å²) >= 11 is 0. The third-order valence-corrected chi connectivity index (χ3v) is 3.09. The summed E-state index contributed by atoms with van der Waals surface area (Å²) in [5.41, 5.74) is 2.27. The molecule has 1 heterocycles. The van der Waals surface area contributed by atoms with E-state index in [1.54, 1.807) is 43.3 Å². The molecule has 0 atom stereocenters. The van der Waals surface area contributed by atoms with Crippen molar-refractivity contribution in [1.29, 1.82) is 10.5 Å². The fourth-order valence-electron chi connectivity index (χ4n) is 1.87. The maximum atomic E-state index is 12.3. The van der Waals surface area contributed by atoms with Crippen molar-refractivity contribution in [2.75, 3.05) is 0 Å². The summed E-state index contributed by atoms with van der Waals surface area (Å²) in [7, 11) is 0. The molecule has 0 aliphatic rings. The topological polar surface area (TPSA) is 77.8 Å². The molecule has 0 fully saturated rings. The zero-order chi connectivity index (χ0) is 15.4. The second-order valence-corrected chi connectivity index (χ2v) is 4.63. The molecule has 0 saturated carbocycles. The lowest BCUT2D eigenvalue weighted by molar-refractivity contribution is 0.601. The zero-order valence-electron chi connectivity index (χ0n) is 11.7. The number of allylic oxidation sites excluding steroid dienone is 3. The number of rotatable bonds is 2. The molecule has 1 aromatic carbocycles. The third-order valence-electron chi connectivity index (χ3n) is 3.09. The van der Waals surface area contributed by atoms with Crippen LogP contribution in [0.2, 0.25) is 0 Å². The first-order valence-corrected chi connectivity index (χ1v) is 6.28. The molecule has 0 aliphatic carbocycles. The summed E-state index contributed by atoms with van der Waals surface area (Å²) in [6.45, 7) is 3.55. The molecule has 0 amide bonds. The summed E-state index contributed by atoms with van der Waals surface area (Å²) in [6.07, 6.45) is 4.50. The summed E-state index contributed by atoms with van der Waals surface area (Å²) in [6, 6.07) is 9.02. The van der Waals surface area contributed by atoms with E-state index in [1.807, 2.05) is 13.0 Å². The predicted molar refractivity (Wildman–Crippen MR) is 80.2 cm³/mol. The lowest BCUT2D eigenvalue weighted by Gasteiger charge is -2.00. The van der Waals surface area contributed by atoms with E-state index in [4.69, 9.17) is 14.9 Å². The Morgan fingerprint density at radius 1 is 1.29 bits per heavy atom. The van der Waals surface area contributed by atoms with E-state index in [2.05, 4.69) is 0 Å². The maximum absolute atomic E-state index is 12.3. The van der Waals surface area contributed by atoms with E-state index in [-0.39, 0.29) is 11.0 Å². The van der Waals surface area contributed by atoms with Gasteiger partial charge in [-0.3, -0.25) is 4.79 Å². The molecule has 1 aromatic heterocycles. The lowest BCUT2D eigenvalue weighted by Crippen LogP contribution is -2.04. The van der Waals surface area contributed by atoms with Crippen LogP contribution >= 0.6 is 0 Å². The number of nitrogens with zero attached hydrogens (tertiary/aromatic N) is 2. The second-order valence-electron chi connectivity index (χ2n) is 4.63. The number of hydrogen-bond acceptors (Lipinski definition) is 4. The van der Waals surface area contributed by atoms with E-state index in [0.717, 1.165) is 5.56 Å². The van der Waals surface area contributed by atoms with Crippen LogP contribution in [0.1, 0.15) is 18.1 Å². The van der Waals surface area contributed by atoms with Crippen molar-refractivity contribution in [3.63, 3.8) is 0 Å². The van der Waals surface area contributed by atoms with Gasteiger partial charge in [0.05, 0.1) is 10.9 Å². The fourth-order valence-corrected chi connectivity index (χ4v) is 1.87. The molecular formula is C17H12N2O2. The lowest BCUT2D eigenvalue weighted by atomic mass is 10.1. The first-order chi connectivity index (χ1) is 10.1. The summed E-state index contributed by atoms with van der Waals surface area (Å²) in [4.78, 5) is 12.3. The zero-order valence-corrected chi connectivity index (χ0v) is 11.7. The Balaban J connectivity index is 2.53. The van der Waals surface area contributed by atoms with Gasteiger partial charge in [0.2, 0.25) is 0 Å². The van der Waals surface area contributed by atoms with Crippen LogP contribution < -0.4 is 5.43 Å². The molecule has 102 valence electrons. The molecule has 0 saturated heterocycles. The van der Waals surface area contributed by atoms with Crippen LogP contribution in [0.3, 0.4) is 0 Å². The SMILES string of the molecule is CC(/C=C/c1coc2ccc(C)cc2c1=O)=C(C#N)C#N. The van der Waals surface area contributed by atoms with Crippen LogP contribution in [0, 0.1) is 29.6 Å². The van der Waals surface area contributed by atoms with Crippen LogP contribution in [0.5, 0.6) is 0 Å². The minimum Gasteiger partial charge on any atom is -0.463 e. The molecule has 0 radical (unpaired) electrons. The Bertz CT molecular complexity index is 887. The number of fused-ring (bicyclic) bond motifs is 1. The largest absolute Gasteiger partial charge is 0.463 e. The van der Waals surface area contributed by atoms with Crippen LogP contribution in [-0.4, -0.2) is 0 Å². The van der Waals surface area contributed by atoms with Gasteiger partial charge in [-0.25, -0.2) is 0 Å². The van der Waals surface area contributed by atoms with E-state index in [0.29, 0.717) is 22.1 Å². The normalized spacial score (nSPS) is 10.3. The second kappa shape index (κ2) is 5.90. The fraction of sp³-hybridized carbons (Fsp3) is 0.118. The monoisotopic (exact) mass is 276 g/mol. The Hall–Kier alpha value is -3.11. The van der Waals surface area contributed by atoms with E-state index < -0.39 is 0 Å². The van der Waals surface area contributed by atoms with Crippen molar-refractivity contribution in [1.82, 2.24) is 0 Å². The summed E-state index contributed by atoms with van der Waals surface area (Å²) in [5, 5.41) is 18.1. The Labute approximate surface area is 121 Å². The van der Waals surface area contributed by atoms with E-state index in [1.165, 1.54) is 6.26 Å². The average molecular weight is 276 g/mol. The van der Waals surface area contributed by atoms with Crippen LogP contribution in [0.25, 0.3) is 17.0 Å². The van der Waals surface area contributed by atoms with Gasteiger partial charge in [0.1, 0.15) is 29.6 Å². The number of aryl methyl sites for hydroxylation is 1. The Morgan fingerprint density at radius 2 is 2.00 bits per heavy atom. The van der Waals surface area contributed by atoms with Gasteiger partial charge in [0.25, 0.3) is 0 Å². The van der Waals surface area contributed by atoms with Gasteiger partial charge in [-0.15, -0.1) is 0 Å². The van der Waals surface area contributed by atoms with Gasteiger partial charge in [-0.2, -0.15) is 10.5 Å².